The van der Waals surface area contributed by atoms with E-state index in [4.69, 9.17) is 11.6 Å². The van der Waals surface area contributed by atoms with Gasteiger partial charge in [0.1, 0.15) is 11.6 Å². The predicted molar refractivity (Wildman–Crippen MR) is 64.6 cm³/mol. The average Bonchev–Trinajstić information content (AvgIpc) is 2.79. The molecule has 0 aliphatic rings. The molecule has 17 heavy (non-hydrogen) atoms. The van der Waals surface area contributed by atoms with Crippen LogP contribution in [0.15, 0.2) is 30.3 Å². The van der Waals surface area contributed by atoms with Crippen LogP contribution in [-0.4, -0.2) is 22.7 Å². The Morgan fingerprint density at radius 2 is 2.00 bits per heavy atom. The summed E-state index contributed by atoms with van der Waals surface area (Å²) in [5.74, 6) is -1.08. The molecule has 0 spiro atoms. The number of hydrogen-bond donors (Lipinski definition) is 3. The van der Waals surface area contributed by atoms with Crippen LogP contribution in [0.5, 0.6) is 0 Å². The monoisotopic (exact) mass is 251 g/mol. The summed E-state index contributed by atoms with van der Waals surface area (Å²) in [6.07, 6.45) is 0. The van der Waals surface area contributed by atoms with Crippen molar-refractivity contribution >= 4 is 34.3 Å². The minimum atomic E-state index is -0.462. The predicted octanol–water partition coefficient (Wildman–Crippen LogP) is 1.17. The highest BCUT2D eigenvalue weighted by atomic mass is 35.5. The maximum absolute atomic E-state index is 11.6. The first kappa shape index (κ1) is 11.5. The number of carbonyl (C=O) groups is 2. The number of nitrogens with one attached hydrogen (secondary N) is 3. The van der Waals surface area contributed by atoms with Gasteiger partial charge in [-0.2, -0.15) is 0 Å². The third kappa shape index (κ3) is 2.57. The summed E-state index contributed by atoms with van der Waals surface area (Å²) >= 11 is 5.27. The molecule has 0 atom stereocenters. The number of hydrogen-bond acceptors (Lipinski definition) is 2. The Morgan fingerprint density at radius 3 is 2.71 bits per heavy atom. The number of carbonyl (C=O) groups excluding carboxylic acids is 2. The Balaban J connectivity index is 2.11. The van der Waals surface area contributed by atoms with E-state index in [1.54, 1.807) is 6.07 Å². The number of H-pyrrole nitrogens is 1. The van der Waals surface area contributed by atoms with Crippen molar-refractivity contribution in [2.24, 2.45) is 0 Å². The van der Waals surface area contributed by atoms with Crippen molar-refractivity contribution in [1.82, 2.24) is 15.8 Å². The molecule has 0 fully saturated rings. The highest BCUT2D eigenvalue weighted by Crippen LogP contribution is 2.14. The number of aromatic nitrogens is 1. The van der Waals surface area contributed by atoms with Crippen LogP contribution in [0.4, 0.5) is 0 Å². The van der Waals surface area contributed by atoms with Gasteiger partial charge in [-0.15, -0.1) is 11.6 Å². The van der Waals surface area contributed by atoms with E-state index in [0.29, 0.717) is 5.69 Å². The molecule has 0 bridgehead atoms. The van der Waals surface area contributed by atoms with Crippen LogP contribution in [0, 0.1) is 0 Å². The minimum Gasteiger partial charge on any atom is -0.350 e. The summed E-state index contributed by atoms with van der Waals surface area (Å²) in [4.78, 5) is 25.4. The molecule has 2 amide bonds. The molecule has 0 aliphatic carbocycles. The lowest BCUT2D eigenvalue weighted by molar-refractivity contribution is -0.119. The molecule has 0 saturated carbocycles. The number of amides is 2. The first-order valence-electron chi connectivity index (χ1n) is 4.93. The Morgan fingerprint density at radius 1 is 1.24 bits per heavy atom. The lowest BCUT2D eigenvalue weighted by Gasteiger charge is -2.03. The molecule has 2 aromatic rings. The summed E-state index contributed by atoms with van der Waals surface area (Å²) in [7, 11) is 0. The van der Waals surface area contributed by atoms with Gasteiger partial charge >= 0.3 is 0 Å². The van der Waals surface area contributed by atoms with E-state index >= 15 is 0 Å². The van der Waals surface area contributed by atoms with Crippen LogP contribution in [0.3, 0.4) is 0 Å². The highest BCUT2D eigenvalue weighted by molar-refractivity contribution is 6.27. The summed E-state index contributed by atoms with van der Waals surface area (Å²) < 4.78 is 0. The number of fused-ring (bicyclic) bond motifs is 1. The van der Waals surface area contributed by atoms with Crippen molar-refractivity contribution in [3.05, 3.63) is 36.0 Å². The summed E-state index contributed by atoms with van der Waals surface area (Å²) in [6, 6.07) is 9.21. The van der Waals surface area contributed by atoms with E-state index in [2.05, 4.69) is 15.8 Å². The Labute approximate surface area is 102 Å². The third-order valence-corrected chi connectivity index (χ3v) is 2.45. The Hall–Kier alpha value is -2.01. The van der Waals surface area contributed by atoms with E-state index in [0.717, 1.165) is 10.9 Å². The lowest BCUT2D eigenvalue weighted by atomic mass is 10.2. The zero-order valence-corrected chi connectivity index (χ0v) is 9.54. The minimum absolute atomic E-state index is 0.201. The molecule has 1 heterocycles. The Bertz CT molecular complexity index is 532. The second-order valence-electron chi connectivity index (χ2n) is 3.41. The second-order valence-corrected chi connectivity index (χ2v) is 3.67. The fourth-order valence-corrected chi connectivity index (χ4v) is 1.49. The quantitative estimate of drug-likeness (QED) is 0.554. The van der Waals surface area contributed by atoms with Crippen LogP contribution in [-0.2, 0) is 4.79 Å². The maximum atomic E-state index is 11.6. The average molecular weight is 252 g/mol. The number of hydrazine groups is 1. The van der Waals surface area contributed by atoms with Crippen molar-refractivity contribution in [3.8, 4) is 0 Å². The van der Waals surface area contributed by atoms with Crippen LogP contribution in [0.25, 0.3) is 10.9 Å². The van der Waals surface area contributed by atoms with E-state index in [1.807, 2.05) is 24.3 Å². The molecule has 5 nitrogen and oxygen atoms in total. The standard InChI is InChI=1S/C11H10ClN3O2/c12-6-10(16)14-15-11(17)9-5-7-3-1-2-4-8(7)13-9/h1-5,13H,6H2,(H,14,16)(H,15,17). The van der Waals surface area contributed by atoms with Gasteiger partial charge in [-0.1, -0.05) is 18.2 Å². The van der Waals surface area contributed by atoms with Crippen molar-refractivity contribution in [3.63, 3.8) is 0 Å². The van der Waals surface area contributed by atoms with Crippen LogP contribution < -0.4 is 10.9 Å². The first-order chi connectivity index (χ1) is 8.20. The molecule has 0 unspecified atom stereocenters. The number of aromatic amines is 1. The van der Waals surface area contributed by atoms with Gasteiger partial charge in [-0.05, 0) is 12.1 Å². The summed E-state index contributed by atoms with van der Waals surface area (Å²) in [5, 5.41) is 0.932. The normalized spacial score (nSPS) is 10.2. The van der Waals surface area contributed by atoms with Gasteiger partial charge in [-0.3, -0.25) is 20.4 Å². The largest absolute Gasteiger partial charge is 0.350 e. The molecule has 0 aliphatic heterocycles. The SMILES string of the molecule is O=C(CCl)NNC(=O)c1cc2ccccc2[nH]1. The van der Waals surface area contributed by atoms with Crippen LogP contribution >= 0.6 is 11.6 Å². The second kappa shape index (κ2) is 4.88. The first-order valence-corrected chi connectivity index (χ1v) is 5.47. The fraction of sp³-hybridized carbons (Fsp3) is 0.0909. The number of para-hydroxylation sites is 1. The number of alkyl halides is 1. The molecule has 0 radical (unpaired) electrons. The van der Waals surface area contributed by atoms with Crippen molar-refractivity contribution in [1.29, 1.82) is 0 Å². The maximum Gasteiger partial charge on any atom is 0.286 e. The van der Waals surface area contributed by atoms with Crippen LogP contribution in [0.2, 0.25) is 0 Å². The molecule has 1 aromatic carbocycles. The van der Waals surface area contributed by atoms with Gasteiger partial charge in [0.05, 0.1) is 0 Å². The Kier molecular flexibility index (Phi) is 3.30. The van der Waals surface area contributed by atoms with Gasteiger partial charge in [0.25, 0.3) is 11.8 Å². The van der Waals surface area contributed by atoms with Crippen molar-refractivity contribution in [2.45, 2.75) is 0 Å². The molecule has 88 valence electrons. The van der Waals surface area contributed by atoms with E-state index < -0.39 is 11.8 Å². The van der Waals surface area contributed by atoms with E-state index in [1.165, 1.54) is 0 Å². The van der Waals surface area contributed by atoms with E-state index in [-0.39, 0.29) is 5.88 Å². The molecule has 6 heteroatoms. The smallest absolute Gasteiger partial charge is 0.286 e. The molecule has 3 N–H and O–H groups in total. The van der Waals surface area contributed by atoms with Gasteiger partial charge in [0.2, 0.25) is 0 Å². The van der Waals surface area contributed by atoms with Gasteiger partial charge in [0.15, 0.2) is 0 Å². The third-order valence-electron chi connectivity index (χ3n) is 2.21. The number of halogens is 1. The highest BCUT2D eigenvalue weighted by Gasteiger charge is 2.09. The summed E-state index contributed by atoms with van der Waals surface area (Å²) in [5.41, 5.74) is 5.68. The fourth-order valence-electron chi connectivity index (χ4n) is 1.42. The molecule has 2 rings (SSSR count). The topological polar surface area (TPSA) is 74.0 Å². The molecular formula is C11H10ClN3O2. The van der Waals surface area contributed by atoms with Gasteiger partial charge in [0, 0.05) is 10.9 Å². The number of rotatable bonds is 2. The van der Waals surface area contributed by atoms with Crippen molar-refractivity contribution < 1.29 is 9.59 Å². The lowest BCUT2D eigenvalue weighted by Crippen LogP contribution is -2.42. The molecule has 0 saturated heterocycles. The summed E-state index contributed by atoms with van der Waals surface area (Å²) in [6.45, 7) is 0. The number of benzene rings is 1. The van der Waals surface area contributed by atoms with Crippen LogP contribution in [0.1, 0.15) is 10.5 Å². The molecule has 1 aromatic heterocycles. The zero-order chi connectivity index (χ0) is 12.3. The van der Waals surface area contributed by atoms with Gasteiger partial charge < -0.3 is 4.98 Å². The van der Waals surface area contributed by atoms with Gasteiger partial charge in [-0.25, -0.2) is 0 Å². The van der Waals surface area contributed by atoms with Crippen molar-refractivity contribution in [2.75, 3.05) is 5.88 Å². The molecular weight excluding hydrogens is 242 g/mol. The zero-order valence-electron chi connectivity index (χ0n) is 8.79. The van der Waals surface area contributed by atoms with E-state index in [9.17, 15) is 9.59 Å².